The van der Waals surface area contributed by atoms with Crippen molar-refractivity contribution in [3.05, 3.63) is 33.5 Å². The number of hydrogen-bond acceptors (Lipinski definition) is 0. The summed E-state index contributed by atoms with van der Waals surface area (Å²) in [6.45, 7) is 0. The lowest BCUT2D eigenvalue weighted by Crippen LogP contribution is -2.09. The van der Waals surface area contributed by atoms with E-state index < -0.39 is 17.6 Å². The molecule has 1 rings (SSSR count). The van der Waals surface area contributed by atoms with Crippen LogP contribution in [0.2, 0.25) is 0 Å². The Labute approximate surface area is 91.0 Å². The van der Waals surface area contributed by atoms with Crippen LogP contribution in [0.5, 0.6) is 0 Å². The van der Waals surface area contributed by atoms with Crippen LogP contribution in [-0.4, -0.2) is 0 Å². The molecule has 0 atom stereocenters. The lowest BCUT2D eigenvalue weighted by atomic mass is 10.1. The first-order valence-electron chi connectivity index (χ1n) is 3.47. The molecule has 0 bridgehead atoms. The van der Waals surface area contributed by atoms with Gasteiger partial charge in [-0.05, 0) is 33.6 Å². The standard InChI is InChI=1S/C8H4BrClF4/c9-6-2-4(3-10)1-5(7(6)11)8(12,13)14/h1-2H,3H2. The van der Waals surface area contributed by atoms with Crippen LogP contribution in [0.1, 0.15) is 11.1 Å². The molecule has 0 aromatic heterocycles. The Morgan fingerprint density at radius 3 is 2.29 bits per heavy atom. The van der Waals surface area contributed by atoms with Crippen molar-refractivity contribution in [2.24, 2.45) is 0 Å². The van der Waals surface area contributed by atoms with Crippen LogP contribution in [0.25, 0.3) is 0 Å². The Morgan fingerprint density at radius 2 is 1.86 bits per heavy atom. The van der Waals surface area contributed by atoms with Crippen molar-refractivity contribution in [3.8, 4) is 0 Å². The maximum Gasteiger partial charge on any atom is 0.419 e. The summed E-state index contributed by atoms with van der Waals surface area (Å²) in [5.74, 6) is -1.41. The van der Waals surface area contributed by atoms with E-state index in [2.05, 4.69) is 15.9 Å². The van der Waals surface area contributed by atoms with Gasteiger partial charge in [-0.25, -0.2) is 4.39 Å². The molecule has 0 aliphatic rings. The van der Waals surface area contributed by atoms with Crippen LogP contribution in [0, 0.1) is 5.82 Å². The van der Waals surface area contributed by atoms with Crippen molar-refractivity contribution in [1.29, 1.82) is 0 Å². The Balaban J connectivity index is 3.35. The first kappa shape index (κ1) is 11.8. The van der Waals surface area contributed by atoms with Gasteiger partial charge in [-0.15, -0.1) is 11.6 Å². The van der Waals surface area contributed by atoms with Crippen molar-refractivity contribution < 1.29 is 17.6 Å². The maximum absolute atomic E-state index is 13.0. The SMILES string of the molecule is Fc1c(Br)cc(CCl)cc1C(F)(F)F. The van der Waals surface area contributed by atoms with Crippen LogP contribution in [0.4, 0.5) is 17.6 Å². The number of halogens is 6. The predicted molar refractivity (Wildman–Crippen MR) is 48.7 cm³/mol. The molecule has 0 N–H and O–H groups in total. The van der Waals surface area contributed by atoms with Crippen LogP contribution in [0.15, 0.2) is 16.6 Å². The lowest BCUT2D eigenvalue weighted by Gasteiger charge is -2.10. The lowest BCUT2D eigenvalue weighted by molar-refractivity contribution is -0.140. The summed E-state index contributed by atoms with van der Waals surface area (Å²) in [6.07, 6.45) is -4.70. The Morgan fingerprint density at radius 1 is 1.29 bits per heavy atom. The molecule has 0 fully saturated rings. The highest BCUT2D eigenvalue weighted by Gasteiger charge is 2.35. The number of alkyl halides is 4. The van der Waals surface area contributed by atoms with Crippen LogP contribution < -0.4 is 0 Å². The number of hydrogen-bond donors (Lipinski definition) is 0. The zero-order chi connectivity index (χ0) is 10.9. The van der Waals surface area contributed by atoms with E-state index in [0.717, 1.165) is 0 Å². The average molecular weight is 291 g/mol. The van der Waals surface area contributed by atoms with Gasteiger partial charge in [0.2, 0.25) is 0 Å². The largest absolute Gasteiger partial charge is 0.419 e. The van der Waals surface area contributed by atoms with E-state index in [0.29, 0.717) is 6.07 Å². The molecule has 0 radical (unpaired) electrons. The second kappa shape index (κ2) is 4.06. The summed E-state index contributed by atoms with van der Waals surface area (Å²) in [4.78, 5) is 0. The van der Waals surface area contributed by atoms with E-state index in [1.165, 1.54) is 6.07 Å². The van der Waals surface area contributed by atoms with Gasteiger partial charge in [0.15, 0.2) is 0 Å². The quantitative estimate of drug-likeness (QED) is 0.533. The van der Waals surface area contributed by atoms with Crippen molar-refractivity contribution in [2.75, 3.05) is 0 Å². The molecule has 14 heavy (non-hydrogen) atoms. The van der Waals surface area contributed by atoms with E-state index in [4.69, 9.17) is 11.6 Å². The van der Waals surface area contributed by atoms with E-state index in [-0.39, 0.29) is 15.9 Å². The zero-order valence-electron chi connectivity index (χ0n) is 6.63. The highest BCUT2D eigenvalue weighted by atomic mass is 79.9. The van der Waals surface area contributed by atoms with Crippen molar-refractivity contribution in [3.63, 3.8) is 0 Å². The minimum Gasteiger partial charge on any atom is -0.205 e. The molecule has 0 nitrogen and oxygen atoms in total. The fourth-order valence-corrected chi connectivity index (χ4v) is 1.59. The monoisotopic (exact) mass is 290 g/mol. The van der Waals surface area contributed by atoms with E-state index in [1.807, 2.05) is 0 Å². The van der Waals surface area contributed by atoms with Crippen LogP contribution in [0.3, 0.4) is 0 Å². The summed E-state index contributed by atoms with van der Waals surface area (Å²) >= 11 is 8.06. The van der Waals surface area contributed by atoms with Gasteiger partial charge in [0.1, 0.15) is 5.82 Å². The van der Waals surface area contributed by atoms with Gasteiger partial charge < -0.3 is 0 Å². The Hall–Kier alpha value is -0.290. The van der Waals surface area contributed by atoms with Crippen molar-refractivity contribution in [2.45, 2.75) is 12.1 Å². The second-order valence-corrected chi connectivity index (χ2v) is 3.69. The third-order valence-electron chi connectivity index (χ3n) is 1.55. The molecular formula is C8H4BrClF4. The summed E-state index contributed by atoms with van der Waals surface area (Å²) in [6, 6.07) is 1.92. The summed E-state index contributed by atoms with van der Waals surface area (Å²) in [7, 11) is 0. The summed E-state index contributed by atoms with van der Waals surface area (Å²) < 4.78 is 49.5. The van der Waals surface area contributed by atoms with Gasteiger partial charge in [-0.2, -0.15) is 13.2 Å². The molecule has 1 aromatic rings. The van der Waals surface area contributed by atoms with Gasteiger partial charge in [-0.1, -0.05) is 0 Å². The average Bonchev–Trinajstić information content (AvgIpc) is 2.07. The molecule has 6 heteroatoms. The topological polar surface area (TPSA) is 0 Å². The third kappa shape index (κ3) is 2.39. The van der Waals surface area contributed by atoms with Gasteiger partial charge in [0.25, 0.3) is 0 Å². The summed E-state index contributed by atoms with van der Waals surface area (Å²) in [5.41, 5.74) is -1.09. The highest BCUT2D eigenvalue weighted by molar-refractivity contribution is 9.10. The fraction of sp³-hybridized carbons (Fsp3) is 0.250. The predicted octanol–water partition coefficient (Wildman–Crippen LogP) is 4.35. The molecule has 0 aliphatic heterocycles. The fourth-order valence-electron chi connectivity index (χ4n) is 0.929. The van der Waals surface area contributed by atoms with E-state index >= 15 is 0 Å². The highest BCUT2D eigenvalue weighted by Crippen LogP contribution is 2.35. The van der Waals surface area contributed by atoms with Gasteiger partial charge in [0.05, 0.1) is 10.0 Å². The molecule has 0 spiro atoms. The van der Waals surface area contributed by atoms with Gasteiger partial charge in [-0.3, -0.25) is 0 Å². The van der Waals surface area contributed by atoms with Crippen molar-refractivity contribution in [1.82, 2.24) is 0 Å². The Bertz CT molecular complexity index is 348. The minimum atomic E-state index is -4.70. The number of benzene rings is 1. The normalized spacial score (nSPS) is 11.9. The Kier molecular flexibility index (Phi) is 3.42. The smallest absolute Gasteiger partial charge is 0.205 e. The third-order valence-corrected chi connectivity index (χ3v) is 2.43. The van der Waals surface area contributed by atoms with Crippen molar-refractivity contribution >= 4 is 27.5 Å². The van der Waals surface area contributed by atoms with Gasteiger partial charge >= 0.3 is 6.18 Å². The molecule has 78 valence electrons. The van der Waals surface area contributed by atoms with Crippen LogP contribution >= 0.6 is 27.5 Å². The molecule has 0 amide bonds. The van der Waals surface area contributed by atoms with E-state index in [1.54, 1.807) is 0 Å². The maximum atomic E-state index is 13.0. The summed E-state index contributed by atoms with van der Waals surface area (Å²) in [5, 5.41) is 0. The van der Waals surface area contributed by atoms with Crippen LogP contribution in [-0.2, 0) is 12.1 Å². The number of rotatable bonds is 1. The molecule has 0 saturated heterocycles. The molecular weight excluding hydrogens is 287 g/mol. The van der Waals surface area contributed by atoms with Gasteiger partial charge in [0, 0.05) is 5.88 Å². The molecule has 0 unspecified atom stereocenters. The molecule has 0 saturated carbocycles. The minimum absolute atomic E-state index is 0.0953. The molecule has 0 aliphatic carbocycles. The first-order valence-corrected chi connectivity index (χ1v) is 4.80. The first-order chi connectivity index (χ1) is 6.36. The molecule has 1 aromatic carbocycles. The van der Waals surface area contributed by atoms with E-state index in [9.17, 15) is 17.6 Å². The second-order valence-electron chi connectivity index (χ2n) is 2.57. The zero-order valence-corrected chi connectivity index (χ0v) is 8.97. The molecule has 0 heterocycles.